The maximum absolute atomic E-state index is 14.2. The fourth-order valence-electron chi connectivity index (χ4n) is 6.63. The van der Waals surface area contributed by atoms with Crippen molar-refractivity contribution in [1.82, 2.24) is 10.2 Å². The molecular formula is C31H32ClN3O2. The molecule has 1 saturated heterocycles. The summed E-state index contributed by atoms with van der Waals surface area (Å²) in [7, 11) is 0. The molecule has 0 radical (unpaired) electrons. The third-order valence-corrected chi connectivity index (χ3v) is 8.66. The normalized spacial score (nSPS) is 26.5. The SMILES string of the molecule is O=C(NC1CCCC[C@@H]1C(=O)N1CC[C@@H]2[C@H](c3ccc(Cl)cc3)Nc3ccccc3[C@@H]21)c1ccccc1. The van der Waals surface area contributed by atoms with Crippen molar-refractivity contribution in [2.75, 3.05) is 11.9 Å². The van der Waals surface area contributed by atoms with Crippen molar-refractivity contribution < 1.29 is 9.59 Å². The van der Waals surface area contributed by atoms with Crippen LogP contribution in [0, 0.1) is 11.8 Å². The zero-order valence-electron chi connectivity index (χ0n) is 20.8. The number of nitrogens with one attached hydrogen (secondary N) is 2. The lowest BCUT2D eigenvalue weighted by molar-refractivity contribution is -0.138. The van der Waals surface area contributed by atoms with E-state index in [2.05, 4.69) is 45.9 Å². The Hall–Kier alpha value is -3.31. The van der Waals surface area contributed by atoms with Crippen LogP contribution in [0.25, 0.3) is 0 Å². The number of halogens is 1. The molecule has 5 atom stereocenters. The van der Waals surface area contributed by atoms with Crippen LogP contribution in [-0.2, 0) is 4.79 Å². The first-order valence-electron chi connectivity index (χ1n) is 13.4. The molecule has 1 unspecified atom stereocenters. The zero-order valence-corrected chi connectivity index (χ0v) is 21.5. The van der Waals surface area contributed by atoms with Gasteiger partial charge in [0.15, 0.2) is 0 Å². The van der Waals surface area contributed by atoms with Gasteiger partial charge in [-0.05, 0) is 60.7 Å². The number of nitrogens with zero attached hydrogens (tertiary/aromatic N) is 1. The Kier molecular flexibility index (Phi) is 6.64. The van der Waals surface area contributed by atoms with Gasteiger partial charge < -0.3 is 15.5 Å². The van der Waals surface area contributed by atoms with E-state index in [1.165, 1.54) is 11.1 Å². The minimum atomic E-state index is -0.198. The lowest BCUT2D eigenvalue weighted by atomic mass is 9.79. The molecule has 2 heterocycles. The van der Waals surface area contributed by atoms with Crippen LogP contribution in [0.5, 0.6) is 0 Å². The number of fused-ring (bicyclic) bond motifs is 3. The van der Waals surface area contributed by atoms with Crippen LogP contribution in [0.4, 0.5) is 5.69 Å². The molecule has 190 valence electrons. The summed E-state index contributed by atoms with van der Waals surface area (Å²) in [6.45, 7) is 0.726. The highest BCUT2D eigenvalue weighted by Gasteiger charge is 2.48. The second-order valence-electron chi connectivity index (χ2n) is 10.5. The van der Waals surface area contributed by atoms with Crippen molar-refractivity contribution in [2.45, 2.75) is 50.2 Å². The summed E-state index contributed by atoms with van der Waals surface area (Å²) in [6.07, 6.45) is 4.62. The Bertz CT molecular complexity index is 1280. The molecule has 6 heteroatoms. The number of para-hydroxylation sites is 1. The number of carbonyl (C=O) groups excluding carboxylic acids is 2. The van der Waals surface area contributed by atoms with Crippen LogP contribution in [0.1, 0.15) is 65.7 Å². The summed E-state index contributed by atoms with van der Waals surface area (Å²) in [4.78, 5) is 29.3. The molecule has 2 N–H and O–H groups in total. The summed E-state index contributed by atoms with van der Waals surface area (Å²) in [5.41, 5.74) is 4.10. The zero-order chi connectivity index (χ0) is 25.4. The van der Waals surface area contributed by atoms with Crippen molar-refractivity contribution in [3.63, 3.8) is 0 Å². The van der Waals surface area contributed by atoms with Crippen LogP contribution in [0.3, 0.4) is 0 Å². The van der Waals surface area contributed by atoms with Gasteiger partial charge in [-0.2, -0.15) is 0 Å². The van der Waals surface area contributed by atoms with E-state index in [1.54, 1.807) is 0 Å². The van der Waals surface area contributed by atoms with Gasteiger partial charge >= 0.3 is 0 Å². The van der Waals surface area contributed by atoms with E-state index in [-0.39, 0.29) is 41.8 Å². The minimum absolute atomic E-state index is 0.0121. The molecule has 3 aromatic carbocycles. The molecule has 3 aromatic rings. The predicted octanol–water partition coefficient (Wildman–Crippen LogP) is 6.39. The van der Waals surface area contributed by atoms with Gasteiger partial charge in [0.05, 0.1) is 18.0 Å². The molecule has 6 rings (SSSR count). The van der Waals surface area contributed by atoms with Gasteiger partial charge in [-0.25, -0.2) is 0 Å². The number of rotatable bonds is 4. The van der Waals surface area contributed by atoms with Gasteiger partial charge in [-0.3, -0.25) is 9.59 Å². The number of likely N-dealkylation sites (tertiary alicyclic amines) is 1. The van der Waals surface area contributed by atoms with E-state index in [0.29, 0.717) is 5.56 Å². The third kappa shape index (κ3) is 4.61. The number of amides is 2. The van der Waals surface area contributed by atoms with E-state index in [9.17, 15) is 9.59 Å². The lowest BCUT2D eigenvalue weighted by Crippen LogP contribution is -2.50. The highest BCUT2D eigenvalue weighted by molar-refractivity contribution is 6.30. The van der Waals surface area contributed by atoms with E-state index in [0.717, 1.165) is 49.4 Å². The number of benzene rings is 3. The Labute approximate surface area is 223 Å². The molecule has 1 saturated carbocycles. The second kappa shape index (κ2) is 10.2. The molecule has 37 heavy (non-hydrogen) atoms. The van der Waals surface area contributed by atoms with Crippen molar-refractivity contribution in [3.8, 4) is 0 Å². The van der Waals surface area contributed by atoms with Crippen LogP contribution < -0.4 is 10.6 Å². The Morgan fingerprint density at radius 2 is 1.59 bits per heavy atom. The number of anilines is 1. The number of hydrogen-bond acceptors (Lipinski definition) is 3. The van der Waals surface area contributed by atoms with Gasteiger partial charge in [0, 0.05) is 34.8 Å². The molecule has 0 spiro atoms. The highest BCUT2D eigenvalue weighted by atomic mass is 35.5. The quantitative estimate of drug-likeness (QED) is 0.425. The standard InChI is InChI=1S/C31H32ClN3O2/c32-22-16-14-20(15-17-22)28-25-18-19-35(29(25)23-10-4-6-12-26(23)33-28)31(37)24-11-5-7-13-27(24)34-30(36)21-8-2-1-3-9-21/h1-4,6,8-10,12,14-17,24-25,27-29,33H,5,7,11,13,18-19H2,(H,34,36)/t24-,25+,27?,28-,29-/m0/s1. The third-order valence-electron chi connectivity index (χ3n) is 8.41. The van der Waals surface area contributed by atoms with Crippen molar-refractivity contribution >= 4 is 29.1 Å². The second-order valence-corrected chi connectivity index (χ2v) is 11.0. The van der Waals surface area contributed by atoms with Gasteiger partial charge in [0.25, 0.3) is 5.91 Å². The van der Waals surface area contributed by atoms with E-state index < -0.39 is 0 Å². The van der Waals surface area contributed by atoms with Gasteiger partial charge in [0.2, 0.25) is 5.91 Å². The monoisotopic (exact) mass is 513 g/mol. The lowest BCUT2D eigenvalue weighted by Gasteiger charge is -2.42. The highest BCUT2D eigenvalue weighted by Crippen LogP contribution is 2.52. The summed E-state index contributed by atoms with van der Waals surface area (Å²) >= 11 is 6.18. The van der Waals surface area contributed by atoms with Gasteiger partial charge in [0.1, 0.15) is 0 Å². The summed E-state index contributed by atoms with van der Waals surface area (Å²) in [5.74, 6) is 0.147. The number of hydrogen-bond donors (Lipinski definition) is 2. The van der Waals surface area contributed by atoms with Gasteiger partial charge in [-0.1, -0.05) is 73.0 Å². The fraction of sp³-hybridized carbons (Fsp3) is 0.355. The maximum atomic E-state index is 14.2. The molecular weight excluding hydrogens is 482 g/mol. The van der Waals surface area contributed by atoms with Crippen LogP contribution in [-0.4, -0.2) is 29.3 Å². The number of carbonyl (C=O) groups is 2. The van der Waals surface area contributed by atoms with E-state index in [1.807, 2.05) is 48.5 Å². The van der Waals surface area contributed by atoms with Gasteiger partial charge in [-0.15, -0.1) is 0 Å². The average molecular weight is 514 g/mol. The molecule has 3 aliphatic rings. The predicted molar refractivity (Wildman–Crippen MR) is 146 cm³/mol. The summed E-state index contributed by atoms with van der Waals surface area (Å²) in [6, 6.07) is 25.7. The first-order chi connectivity index (χ1) is 18.1. The smallest absolute Gasteiger partial charge is 0.251 e. The van der Waals surface area contributed by atoms with Crippen molar-refractivity contribution in [2.24, 2.45) is 11.8 Å². The molecule has 0 aromatic heterocycles. The largest absolute Gasteiger partial charge is 0.378 e. The van der Waals surface area contributed by atoms with Crippen molar-refractivity contribution in [1.29, 1.82) is 0 Å². The first kappa shape index (κ1) is 24.1. The Morgan fingerprint density at radius 3 is 2.41 bits per heavy atom. The minimum Gasteiger partial charge on any atom is -0.378 e. The fourth-order valence-corrected chi connectivity index (χ4v) is 6.75. The molecule has 2 aliphatic heterocycles. The molecule has 5 nitrogen and oxygen atoms in total. The van der Waals surface area contributed by atoms with Crippen LogP contribution >= 0.6 is 11.6 Å². The van der Waals surface area contributed by atoms with Crippen LogP contribution in [0.15, 0.2) is 78.9 Å². The molecule has 2 fully saturated rings. The molecule has 0 bridgehead atoms. The van der Waals surface area contributed by atoms with Crippen molar-refractivity contribution in [3.05, 3.63) is 101 Å². The topological polar surface area (TPSA) is 61.4 Å². The Morgan fingerprint density at radius 1 is 0.865 bits per heavy atom. The Balaban J connectivity index is 1.28. The van der Waals surface area contributed by atoms with E-state index >= 15 is 0 Å². The summed E-state index contributed by atoms with van der Waals surface area (Å²) in [5, 5.41) is 7.69. The van der Waals surface area contributed by atoms with E-state index in [4.69, 9.17) is 11.6 Å². The van der Waals surface area contributed by atoms with Crippen LogP contribution in [0.2, 0.25) is 5.02 Å². The first-order valence-corrected chi connectivity index (χ1v) is 13.8. The summed E-state index contributed by atoms with van der Waals surface area (Å²) < 4.78 is 0. The average Bonchev–Trinajstić information content (AvgIpc) is 3.39. The molecule has 2 amide bonds. The molecule has 1 aliphatic carbocycles. The maximum Gasteiger partial charge on any atom is 0.251 e.